The number of hydrogen-bond donors (Lipinski definition) is 1. The minimum Gasteiger partial charge on any atom is -0.307 e. The maximum absolute atomic E-state index is 4.46. The quantitative estimate of drug-likeness (QED) is 0.771. The fraction of sp³-hybridized carbons (Fsp3) is 0.211. The first-order valence-corrected chi connectivity index (χ1v) is 7.42. The molecule has 1 unspecified atom stereocenters. The second-order valence-electron chi connectivity index (χ2n) is 5.36. The van der Waals surface area contributed by atoms with E-state index in [1.54, 1.807) is 0 Å². The molecule has 0 spiro atoms. The second-order valence-corrected chi connectivity index (χ2v) is 5.36. The van der Waals surface area contributed by atoms with Crippen LogP contribution in [0.2, 0.25) is 0 Å². The van der Waals surface area contributed by atoms with Gasteiger partial charge >= 0.3 is 0 Å². The average Bonchev–Trinajstić information content (AvgIpc) is 2.53. The molecule has 2 nitrogen and oxygen atoms in total. The number of fused-ring (bicyclic) bond motifs is 1. The number of nitrogens with one attached hydrogen (secondary N) is 1. The lowest BCUT2D eigenvalue weighted by molar-refractivity contribution is 0.631. The zero-order valence-corrected chi connectivity index (χ0v) is 12.5. The lowest BCUT2D eigenvalue weighted by Gasteiger charge is -2.19. The standard InChI is InChI=1S/C19H20N2/c1-3-20-19(16-8-6-14(2)7-9-16)17-11-10-15-5-4-12-21-18(15)13-17/h4-13,19-20H,3H2,1-2H3. The molecule has 1 atom stereocenters. The molecule has 0 amide bonds. The Morgan fingerprint density at radius 1 is 1.00 bits per heavy atom. The molecule has 1 aromatic heterocycles. The highest BCUT2D eigenvalue weighted by atomic mass is 14.9. The van der Waals surface area contributed by atoms with Crippen LogP contribution in [0.3, 0.4) is 0 Å². The summed E-state index contributed by atoms with van der Waals surface area (Å²) in [5, 5.41) is 4.75. The van der Waals surface area contributed by atoms with Crippen molar-refractivity contribution < 1.29 is 0 Å². The second kappa shape index (κ2) is 6.06. The van der Waals surface area contributed by atoms with Crippen molar-refractivity contribution in [1.82, 2.24) is 10.3 Å². The van der Waals surface area contributed by atoms with E-state index < -0.39 is 0 Å². The highest BCUT2D eigenvalue weighted by Gasteiger charge is 2.13. The number of pyridine rings is 1. The van der Waals surface area contributed by atoms with Crippen molar-refractivity contribution in [3.05, 3.63) is 77.5 Å². The van der Waals surface area contributed by atoms with E-state index >= 15 is 0 Å². The maximum atomic E-state index is 4.46. The molecule has 1 N–H and O–H groups in total. The molecule has 0 fully saturated rings. The summed E-state index contributed by atoms with van der Waals surface area (Å²) in [7, 11) is 0. The van der Waals surface area contributed by atoms with Gasteiger partial charge in [0.05, 0.1) is 11.6 Å². The maximum Gasteiger partial charge on any atom is 0.0705 e. The van der Waals surface area contributed by atoms with E-state index in [4.69, 9.17) is 0 Å². The molecule has 0 aliphatic rings. The molecule has 21 heavy (non-hydrogen) atoms. The van der Waals surface area contributed by atoms with Crippen molar-refractivity contribution in [2.75, 3.05) is 6.54 Å². The highest BCUT2D eigenvalue weighted by Crippen LogP contribution is 2.25. The van der Waals surface area contributed by atoms with Gasteiger partial charge < -0.3 is 5.32 Å². The summed E-state index contributed by atoms with van der Waals surface area (Å²) in [4.78, 5) is 4.46. The van der Waals surface area contributed by atoms with Gasteiger partial charge in [-0.15, -0.1) is 0 Å². The van der Waals surface area contributed by atoms with Crippen LogP contribution < -0.4 is 5.32 Å². The molecule has 3 aromatic rings. The molecular formula is C19H20N2. The molecule has 0 saturated carbocycles. The van der Waals surface area contributed by atoms with Gasteiger partial charge in [-0.3, -0.25) is 4.98 Å². The third-order valence-electron chi connectivity index (χ3n) is 3.78. The summed E-state index contributed by atoms with van der Waals surface area (Å²) in [6, 6.07) is 19.5. The van der Waals surface area contributed by atoms with Gasteiger partial charge in [-0.05, 0) is 36.7 Å². The Bertz CT molecular complexity index is 732. The number of nitrogens with zero attached hydrogens (tertiary/aromatic N) is 1. The number of aromatic nitrogens is 1. The SMILES string of the molecule is CCNC(c1ccc(C)cc1)c1ccc2cccnc2c1. The fourth-order valence-electron chi connectivity index (χ4n) is 2.65. The van der Waals surface area contributed by atoms with Gasteiger partial charge in [0.1, 0.15) is 0 Å². The average molecular weight is 276 g/mol. The van der Waals surface area contributed by atoms with Gasteiger partial charge in [-0.2, -0.15) is 0 Å². The van der Waals surface area contributed by atoms with Gasteiger partial charge in [0.25, 0.3) is 0 Å². The van der Waals surface area contributed by atoms with Gasteiger partial charge in [-0.25, -0.2) is 0 Å². The molecule has 106 valence electrons. The van der Waals surface area contributed by atoms with Crippen LogP contribution in [-0.2, 0) is 0 Å². The predicted molar refractivity (Wildman–Crippen MR) is 88.4 cm³/mol. The van der Waals surface area contributed by atoms with Crippen LogP contribution in [0.1, 0.15) is 29.7 Å². The van der Waals surface area contributed by atoms with E-state index in [1.807, 2.05) is 12.3 Å². The number of hydrogen-bond acceptors (Lipinski definition) is 2. The summed E-state index contributed by atoms with van der Waals surface area (Å²) in [6.07, 6.45) is 1.85. The summed E-state index contributed by atoms with van der Waals surface area (Å²) < 4.78 is 0. The first kappa shape index (κ1) is 13.8. The van der Waals surface area contributed by atoms with Gasteiger partial charge in [0.2, 0.25) is 0 Å². The van der Waals surface area contributed by atoms with Crippen molar-refractivity contribution in [1.29, 1.82) is 0 Å². The monoisotopic (exact) mass is 276 g/mol. The summed E-state index contributed by atoms with van der Waals surface area (Å²) in [5.74, 6) is 0. The molecule has 0 aliphatic carbocycles. The zero-order chi connectivity index (χ0) is 14.7. The first-order valence-electron chi connectivity index (χ1n) is 7.42. The van der Waals surface area contributed by atoms with Crippen LogP contribution in [0.15, 0.2) is 60.8 Å². The Balaban J connectivity index is 2.04. The molecule has 2 heteroatoms. The van der Waals surface area contributed by atoms with Gasteiger partial charge in [0, 0.05) is 11.6 Å². The molecule has 2 aromatic carbocycles. The van der Waals surface area contributed by atoms with Crippen molar-refractivity contribution >= 4 is 10.9 Å². The van der Waals surface area contributed by atoms with Crippen LogP contribution >= 0.6 is 0 Å². The first-order chi connectivity index (χ1) is 10.3. The smallest absolute Gasteiger partial charge is 0.0705 e. The van der Waals surface area contributed by atoms with E-state index in [9.17, 15) is 0 Å². The lowest BCUT2D eigenvalue weighted by atomic mass is 9.96. The fourth-order valence-corrected chi connectivity index (χ4v) is 2.65. The Hall–Kier alpha value is -2.19. The van der Waals surface area contributed by atoms with E-state index in [-0.39, 0.29) is 6.04 Å². The third-order valence-corrected chi connectivity index (χ3v) is 3.78. The van der Waals surface area contributed by atoms with Crippen LogP contribution in [0.4, 0.5) is 0 Å². The molecule has 0 aliphatic heterocycles. The zero-order valence-electron chi connectivity index (χ0n) is 12.5. The van der Waals surface area contributed by atoms with Crippen LogP contribution in [0.5, 0.6) is 0 Å². The van der Waals surface area contributed by atoms with Gasteiger partial charge in [0.15, 0.2) is 0 Å². The largest absolute Gasteiger partial charge is 0.307 e. The normalized spacial score (nSPS) is 12.5. The van der Waals surface area contributed by atoms with E-state index in [1.165, 1.54) is 22.1 Å². The van der Waals surface area contributed by atoms with E-state index in [0.717, 1.165) is 12.1 Å². The molecule has 0 bridgehead atoms. The number of rotatable bonds is 4. The van der Waals surface area contributed by atoms with Crippen molar-refractivity contribution in [2.45, 2.75) is 19.9 Å². The Morgan fingerprint density at radius 2 is 1.76 bits per heavy atom. The van der Waals surface area contributed by atoms with E-state index in [0.29, 0.717) is 0 Å². The van der Waals surface area contributed by atoms with Crippen LogP contribution in [0.25, 0.3) is 10.9 Å². The lowest BCUT2D eigenvalue weighted by Crippen LogP contribution is -2.21. The van der Waals surface area contributed by atoms with Crippen molar-refractivity contribution in [3.8, 4) is 0 Å². The summed E-state index contributed by atoms with van der Waals surface area (Å²) in [6.45, 7) is 5.19. The highest BCUT2D eigenvalue weighted by molar-refractivity contribution is 5.79. The predicted octanol–water partition coefficient (Wildman–Crippen LogP) is 4.24. The molecule has 3 rings (SSSR count). The number of aryl methyl sites for hydroxylation is 1. The van der Waals surface area contributed by atoms with Gasteiger partial charge in [-0.1, -0.05) is 55.0 Å². The minimum atomic E-state index is 0.210. The van der Waals surface area contributed by atoms with E-state index in [2.05, 4.69) is 72.7 Å². The van der Waals surface area contributed by atoms with Crippen molar-refractivity contribution in [2.24, 2.45) is 0 Å². The topological polar surface area (TPSA) is 24.9 Å². The molecule has 0 radical (unpaired) electrons. The molecule has 1 heterocycles. The summed E-state index contributed by atoms with van der Waals surface area (Å²) in [5.41, 5.74) is 4.88. The Labute approximate surface area is 125 Å². The minimum absolute atomic E-state index is 0.210. The third kappa shape index (κ3) is 2.96. The number of benzene rings is 2. The molecular weight excluding hydrogens is 256 g/mol. The van der Waals surface area contributed by atoms with Crippen LogP contribution in [0, 0.1) is 6.92 Å². The van der Waals surface area contributed by atoms with Crippen LogP contribution in [-0.4, -0.2) is 11.5 Å². The Kier molecular flexibility index (Phi) is 3.98. The Morgan fingerprint density at radius 3 is 2.52 bits per heavy atom. The van der Waals surface area contributed by atoms with Crippen molar-refractivity contribution in [3.63, 3.8) is 0 Å². The summed E-state index contributed by atoms with van der Waals surface area (Å²) >= 11 is 0. The molecule has 0 saturated heterocycles.